The van der Waals surface area contributed by atoms with Crippen molar-refractivity contribution in [3.05, 3.63) is 51.3 Å². The van der Waals surface area contributed by atoms with E-state index in [1.54, 1.807) is 0 Å². The molecule has 32 heavy (non-hydrogen) atoms. The average Bonchev–Trinajstić information content (AvgIpc) is 3.01. The third kappa shape index (κ3) is 4.72. The fourth-order valence-electron chi connectivity index (χ4n) is 4.98. The van der Waals surface area contributed by atoms with Gasteiger partial charge in [0.25, 0.3) is 10.1 Å². The smallest absolute Gasteiger partial charge is 0.264 e. The zero-order valence-corrected chi connectivity index (χ0v) is 21.4. The van der Waals surface area contributed by atoms with E-state index in [1.807, 2.05) is 6.92 Å². The molecule has 3 aromatic rings. The Labute approximate surface area is 198 Å². The molecule has 2 aromatic heterocycles. The first-order chi connectivity index (χ1) is 15.0. The zero-order chi connectivity index (χ0) is 23.2. The number of aromatic nitrogens is 2. The van der Waals surface area contributed by atoms with Crippen molar-refractivity contribution in [1.29, 1.82) is 0 Å². The van der Waals surface area contributed by atoms with Gasteiger partial charge in [-0.2, -0.15) is 8.42 Å². The molecule has 0 saturated carbocycles. The van der Waals surface area contributed by atoms with Gasteiger partial charge >= 0.3 is 0 Å². The predicted molar refractivity (Wildman–Crippen MR) is 134 cm³/mol. The summed E-state index contributed by atoms with van der Waals surface area (Å²) in [4.78, 5) is 7.26. The minimum absolute atomic E-state index is 0.154. The lowest BCUT2D eigenvalue weighted by Gasteiger charge is -2.33. The van der Waals surface area contributed by atoms with Crippen LogP contribution in [0.1, 0.15) is 41.6 Å². The number of piperidine rings is 1. The largest absolute Gasteiger partial charge is 0.356 e. The van der Waals surface area contributed by atoms with Crippen LogP contribution in [0, 0.1) is 33.6 Å². The number of aryl methyl sites for hydroxylation is 4. The van der Waals surface area contributed by atoms with E-state index in [1.165, 1.54) is 27.8 Å². The molecule has 0 radical (unpaired) electrons. The van der Waals surface area contributed by atoms with Crippen LogP contribution in [0.15, 0.2) is 28.9 Å². The van der Waals surface area contributed by atoms with Crippen LogP contribution in [0.5, 0.6) is 0 Å². The zero-order valence-electron chi connectivity index (χ0n) is 19.0. The van der Waals surface area contributed by atoms with E-state index in [-0.39, 0.29) is 5.75 Å². The molecule has 0 spiro atoms. The molecule has 3 heterocycles. The molecular weight excluding hydrogens is 490 g/mol. The van der Waals surface area contributed by atoms with Gasteiger partial charge in [-0.15, -0.1) is 0 Å². The van der Waals surface area contributed by atoms with Crippen LogP contribution in [-0.4, -0.2) is 41.4 Å². The van der Waals surface area contributed by atoms with Crippen LogP contribution in [0.2, 0.25) is 0 Å². The highest BCUT2D eigenvalue weighted by Crippen LogP contribution is 2.36. The van der Waals surface area contributed by atoms with Gasteiger partial charge in [0, 0.05) is 34.8 Å². The van der Waals surface area contributed by atoms with Crippen LogP contribution < -0.4 is 4.90 Å². The van der Waals surface area contributed by atoms with E-state index in [2.05, 4.69) is 70.6 Å². The van der Waals surface area contributed by atoms with Gasteiger partial charge in [-0.3, -0.25) is 4.55 Å². The number of nitrogens with zero attached hydrogens (tertiary/aromatic N) is 3. The summed E-state index contributed by atoms with van der Waals surface area (Å²) in [5.41, 5.74) is 6.96. The molecule has 1 aliphatic heterocycles. The SMILES string of the molecule is Cc1cc2c(c(C)cn2-c2c(C)cc(Br)cc2C)c(N2CCC(CCS(=O)(=O)O)CC2)n1. The first-order valence-electron chi connectivity index (χ1n) is 11.0. The van der Waals surface area contributed by atoms with Gasteiger partial charge < -0.3 is 9.47 Å². The molecule has 4 rings (SSSR count). The number of pyridine rings is 1. The maximum Gasteiger partial charge on any atom is 0.264 e. The molecule has 1 aliphatic rings. The molecule has 1 N–H and O–H groups in total. The normalized spacial score (nSPS) is 15.6. The molecule has 0 unspecified atom stereocenters. The van der Waals surface area contributed by atoms with Crippen LogP contribution in [0.3, 0.4) is 0 Å². The van der Waals surface area contributed by atoms with Gasteiger partial charge in [0.05, 0.1) is 17.0 Å². The highest BCUT2D eigenvalue weighted by molar-refractivity contribution is 9.10. The minimum Gasteiger partial charge on any atom is -0.356 e. The molecule has 0 bridgehead atoms. The van der Waals surface area contributed by atoms with E-state index < -0.39 is 10.1 Å². The van der Waals surface area contributed by atoms with Crippen molar-refractivity contribution < 1.29 is 13.0 Å². The molecule has 1 fully saturated rings. The lowest BCUT2D eigenvalue weighted by atomic mass is 9.94. The van der Waals surface area contributed by atoms with Crippen molar-refractivity contribution in [2.24, 2.45) is 5.92 Å². The van der Waals surface area contributed by atoms with Crippen LogP contribution in [0.25, 0.3) is 16.6 Å². The highest BCUT2D eigenvalue weighted by Gasteiger charge is 2.25. The number of hydrogen-bond acceptors (Lipinski definition) is 4. The summed E-state index contributed by atoms with van der Waals surface area (Å²) in [6.45, 7) is 10.1. The summed E-state index contributed by atoms with van der Waals surface area (Å²) in [7, 11) is -3.89. The number of hydrogen-bond donors (Lipinski definition) is 1. The lowest BCUT2D eigenvalue weighted by molar-refractivity contribution is 0.388. The number of anilines is 1. The molecule has 0 amide bonds. The fourth-order valence-corrected chi connectivity index (χ4v) is 6.30. The molecular formula is C24H30BrN3O3S. The summed E-state index contributed by atoms with van der Waals surface area (Å²) in [6.07, 6.45) is 4.52. The van der Waals surface area contributed by atoms with Gasteiger partial charge in [-0.1, -0.05) is 15.9 Å². The van der Waals surface area contributed by atoms with Crippen molar-refractivity contribution >= 4 is 42.8 Å². The maximum absolute atomic E-state index is 11.1. The van der Waals surface area contributed by atoms with Crippen LogP contribution in [-0.2, 0) is 10.1 Å². The van der Waals surface area contributed by atoms with E-state index in [0.29, 0.717) is 12.3 Å². The number of fused-ring (bicyclic) bond motifs is 1. The van der Waals surface area contributed by atoms with Crippen LogP contribution >= 0.6 is 15.9 Å². The van der Waals surface area contributed by atoms with E-state index in [0.717, 1.165) is 47.4 Å². The standard InChI is InChI=1S/C24H30BrN3O3S/c1-15-11-20(25)12-16(2)23(15)28-14-17(3)22-21(28)13-18(4)26-24(22)27-8-5-19(6-9-27)7-10-32(29,30)31/h11-14,19H,5-10H2,1-4H3,(H,29,30,31). The Morgan fingerprint density at radius 2 is 1.69 bits per heavy atom. The van der Waals surface area contributed by atoms with Crippen molar-refractivity contribution in [1.82, 2.24) is 9.55 Å². The Morgan fingerprint density at radius 3 is 2.28 bits per heavy atom. The first kappa shape index (κ1) is 23.3. The summed E-state index contributed by atoms with van der Waals surface area (Å²) in [5.74, 6) is 1.17. The molecule has 0 aliphatic carbocycles. The number of halogens is 1. The Hall–Kier alpha value is -1.90. The lowest BCUT2D eigenvalue weighted by Crippen LogP contribution is -2.35. The van der Waals surface area contributed by atoms with Crippen LogP contribution in [0.4, 0.5) is 5.82 Å². The van der Waals surface area contributed by atoms with Crippen molar-refractivity contribution in [2.75, 3.05) is 23.7 Å². The molecule has 1 saturated heterocycles. The molecule has 0 atom stereocenters. The summed E-state index contributed by atoms with van der Waals surface area (Å²) >= 11 is 3.60. The summed E-state index contributed by atoms with van der Waals surface area (Å²) in [6, 6.07) is 6.46. The Balaban J connectivity index is 1.70. The maximum atomic E-state index is 11.1. The van der Waals surface area contributed by atoms with Gasteiger partial charge in [-0.25, -0.2) is 4.98 Å². The average molecular weight is 520 g/mol. The Morgan fingerprint density at radius 1 is 1.06 bits per heavy atom. The quantitative estimate of drug-likeness (QED) is 0.449. The molecule has 6 nitrogen and oxygen atoms in total. The van der Waals surface area contributed by atoms with Gasteiger partial charge in [-0.05, 0) is 87.8 Å². The van der Waals surface area contributed by atoms with Gasteiger partial charge in [0.2, 0.25) is 0 Å². The third-order valence-electron chi connectivity index (χ3n) is 6.48. The monoisotopic (exact) mass is 519 g/mol. The predicted octanol–water partition coefficient (Wildman–Crippen LogP) is 5.52. The van der Waals surface area contributed by atoms with E-state index in [4.69, 9.17) is 9.54 Å². The molecule has 1 aromatic carbocycles. The highest BCUT2D eigenvalue weighted by atomic mass is 79.9. The minimum atomic E-state index is -3.89. The second-order valence-electron chi connectivity index (χ2n) is 9.06. The van der Waals surface area contributed by atoms with Crippen molar-refractivity contribution in [3.63, 3.8) is 0 Å². The summed E-state index contributed by atoms with van der Waals surface area (Å²) < 4.78 is 34.6. The second-order valence-corrected chi connectivity index (χ2v) is 11.5. The van der Waals surface area contributed by atoms with Gasteiger partial charge in [0.15, 0.2) is 0 Å². The second kappa shape index (κ2) is 8.80. The molecule has 172 valence electrons. The number of rotatable bonds is 5. The Bertz CT molecular complexity index is 1250. The van der Waals surface area contributed by atoms with E-state index >= 15 is 0 Å². The molecule has 8 heteroatoms. The van der Waals surface area contributed by atoms with E-state index in [9.17, 15) is 8.42 Å². The van der Waals surface area contributed by atoms with Gasteiger partial charge in [0.1, 0.15) is 5.82 Å². The van der Waals surface area contributed by atoms with Crippen molar-refractivity contribution in [2.45, 2.75) is 47.0 Å². The number of benzene rings is 1. The van der Waals surface area contributed by atoms with Crippen molar-refractivity contribution in [3.8, 4) is 5.69 Å². The Kier molecular flexibility index (Phi) is 6.40. The fraction of sp³-hybridized carbons (Fsp3) is 0.458. The third-order valence-corrected chi connectivity index (χ3v) is 7.69. The topological polar surface area (TPSA) is 75.4 Å². The first-order valence-corrected chi connectivity index (χ1v) is 13.4. The summed E-state index contributed by atoms with van der Waals surface area (Å²) in [5, 5.41) is 1.17.